The highest BCUT2D eigenvalue weighted by Crippen LogP contribution is 2.10. The molecule has 0 aliphatic rings. The Labute approximate surface area is 104 Å². The SMILES string of the molecule is CC[C@H](/C=C(/C)CO)COCc1ccccc1. The molecular weight excluding hydrogens is 212 g/mol. The summed E-state index contributed by atoms with van der Waals surface area (Å²) in [5.74, 6) is 0.394. The van der Waals surface area contributed by atoms with E-state index in [-0.39, 0.29) is 6.61 Å². The lowest BCUT2D eigenvalue weighted by atomic mass is 10.0. The number of hydrogen-bond acceptors (Lipinski definition) is 2. The maximum absolute atomic E-state index is 8.97. The van der Waals surface area contributed by atoms with Gasteiger partial charge in [0.1, 0.15) is 0 Å². The van der Waals surface area contributed by atoms with Crippen LogP contribution in [0.2, 0.25) is 0 Å². The molecule has 17 heavy (non-hydrogen) atoms. The van der Waals surface area contributed by atoms with E-state index in [9.17, 15) is 0 Å². The summed E-state index contributed by atoms with van der Waals surface area (Å²) in [4.78, 5) is 0. The average Bonchev–Trinajstić information content (AvgIpc) is 2.38. The maximum Gasteiger partial charge on any atom is 0.0717 e. The van der Waals surface area contributed by atoms with Crippen molar-refractivity contribution < 1.29 is 9.84 Å². The van der Waals surface area contributed by atoms with Gasteiger partial charge in [-0.1, -0.05) is 48.9 Å². The van der Waals surface area contributed by atoms with Gasteiger partial charge in [0, 0.05) is 5.92 Å². The molecule has 0 aliphatic heterocycles. The van der Waals surface area contributed by atoms with Gasteiger partial charge < -0.3 is 9.84 Å². The van der Waals surface area contributed by atoms with Crippen LogP contribution in [0.25, 0.3) is 0 Å². The standard InChI is InChI=1S/C15H22O2/c1-3-14(9-13(2)10-16)11-17-12-15-7-5-4-6-8-15/h4-9,14,16H,3,10-12H2,1-2H3/b13-9-/t14-/m1/s1. The molecule has 0 bridgehead atoms. The molecule has 1 N–H and O–H groups in total. The smallest absolute Gasteiger partial charge is 0.0717 e. The number of ether oxygens (including phenoxy) is 1. The summed E-state index contributed by atoms with van der Waals surface area (Å²) in [5, 5.41) is 8.97. The van der Waals surface area contributed by atoms with Crippen LogP contribution in [0.5, 0.6) is 0 Å². The van der Waals surface area contributed by atoms with Gasteiger partial charge >= 0.3 is 0 Å². The van der Waals surface area contributed by atoms with Crippen molar-refractivity contribution in [2.75, 3.05) is 13.2 Å². The second-order valence-electron chi connectivity index (χ2n) is 4.34. The Morgan fingerprint density at radius 3 is 2.65 bits per heavy atom. The summed E-state index contributed by atoms with van der Waals surface area (Å²) < 4.78 is 5.69. The predicted molar refractivity (Wildman–Crippen MR) is 70.7 cm³/mol. The molecular formula is C15H22O2. The Hall–Kier alpha value is -1.12. The van der Waals surface area contributed by atoms with Crippen LogP contribution in [0.1, 0.15) is 25.8 Å². The summed E-state index contributed by atoms with van der Waals surface area (Å²) in [6.45, 7) is 5.58. The molecule has 0 spiro atoms. The zero-order valence-electron chi connectivity index (χ0n) is 10.7. The van der Waals surface area contributed by atoms with Gasteiger partial charge in [0.15, 0.2) is 0 Å². The third kappa shape index (κ3) is 5.66. The predicted octanol–water partition coefficient (Wildman–Crippen LogP) is 3.17. The minimum absolute atomic E-state index is 0.134. The fourth-order valence-electron chi connectivity index (χ4n) is 1.64. The first-order chi connectivity index (χ1) is 8.26. The molecule has 1 aromatic rings. The first-order valence-corrected chi connectivity index (χ1v) is 6.16. The normalized spacial score (nSPS) is 13.7. The summed E-state index contributed by atoms with van der Waals surface area (Å²) in [5.41, 5.74) is 2.21. The molecule has 1 rings (SSSR count). The lowest BCUT2D eigenvalue weighted by Gasteiger charge is -2.12. The van der Waals surface area contributed by atoms with Gasteiger partial charge in [0.05, 0.1) is 19.8 Å². The van der Waals surface area contributed by atoms with Crippen LogP contribution < -0.4 is 0 Å². The molecule has 0 amide bonds. The topological polar surface area (TPSA) is 29.5 Å². The molecule has 94 valence electrons. The first kappa shape index (κ1) is 13.9. The van der Waals surface area contributed by atoms with E-state index in [2.05, 4.69) is 25.1 Å². The summed E-state index contributed by atoms with van der Waals surface area (Å²) in [7, 11) is 0. The molecule has 0 aromatic heterocycles. The highest BCUT2D eigenvalue weighted by atomic mass is 16.5. The van der Waals surface area contributed by atoms with Crippen LogP contribution in [-0.4, -0.2) is 18.3 Å². The lowest BCUT2D eigenvalue weighted by Crippen LogP contribution is -2.07. The fraction of sp³-hybridized carbons (Fsp3) is 0.467. The molecule has 0 saturated heterocycles. The Morgan fingerprint density at radius 2 is 2.06 bits per heavy atom. The van der Waals surface area contributed by atoms with Gasteiger partial charge in [-0.25, -0.2) is 0 Å². The molecule has 1 atom stereocenters. The van der Waals surface area contributed by atoms with Crippen molar-refractivity contribution in [2.45, 2.75) is 26.9 Å². The van der Waals surface area contributed by atoms with E-state index < -0.39 is 0 Å². The fourth-order valence-corrected chi connectivity index (χ4v) is 1.64. The minimum atomic E-state index is 0.134. The summed E-state index contributed by atoms with van der Waals surface area (Å²) >= 11 is 0. The molecule has 2 nitrogen and oxygen atoms in total. The van der Waals surface area contributed by atoms with Crippen LogP contribution in [0.15, 0.2) is 42.0 Å². The zero-order chi connectivity index (χ0) is 12.5. The van der Waals surface area contributed by atoms with E-state index in [4.69, 9.17) is 9.84 Å². The molecule has 0 saturated carbocycles. The van der Waals surface area contributed by atoms with Crippen molar-refractivity contribution in [1.29, 1.82) is 0 Å². The van der Waals surface area contributed by atoms with Gasteiger partial charge in [0.25, 0.3) is 0 Å². The van der Waals surface area contributed by atoms with E-state index in [0.29, 0.717) is 19.1 Å². The highest BCUT2D eigenvalue weighted by Gasteiger charge is 2.03. The number of rotatable bonds is 7. The van der Waals surface area contributed by atoms with Gasteiger partial charge in [-0.15, -0.1) is 0 Å². The largest absolute Gasteiger partial charge is 0.392 e. The summed E-state index contributed by atoms with van der Waals surface area (Å²) in [6.07, 6.45) is 3.14. The third-order valence-corrected chi connectivity index (χ3v) is 2.74. The Balaban J connectivity index is 2.34. The molecule has 0 heterocycles. The Morgan fingerprint density at radius 1 is 1.35 bits per heavy atom. The van der Waals surface area contributed by atoms with Crippen molar-refractivity contribution in [3.05, 3.63) is 47.5 Å². The Kier molecular flexibility index (Phi) is 6.60. The highest BCUT2D eigenvalue weighted by molar-refractivity contribution is 5.13. The molecule has 0 unspecified atom stereocenters. The maximum atomic E-state index is 8.97. The number of aliphatic hydroxyl groups excluding tert-OH is 1. The third-order valence-electron chi connectivity index (χ3n) is 2.74. The van der Waals surface area contributed by atoms with Gasteiger partial charge in [-0.2, -0.15) is 0 Å². The van der Waals surface area contributed by atoms with Crippen molar-refractivity contribution in [2.24, 2.45) is 5.92 Å². The van der Waals surface area contributed by atoms with Crippen molar-refractivity contribution in [3.8, 4) is 0 Å². The van der Waals surface area contributed by atoms with Gasteiger partial charge in [-0.3, -0.25) is 0 Å². The number of benzene rings is 1. The number of aliphatic hydroxyl groups is 1. The van der Waals surface area contributed by atoms with E-state index in [1.807, 2.05) is 25.1 Å². The van der Waals surface area contributed by atoms with Gasteiger partial charge in [0.2, 0.25) is 0 Å². The lowest BCUT2D eigenvalue weighted by molar-refractivity contribution is 0.0981. The zero-order valence-corrected chi connectivity index (χ0v) is 10.7. The molecule has 0 radical (unpaired) electrons. The van der Waals surface area contributed by atoms with Crippen LogP contribution in [0.4, 0.5) is 0 Å². The van der Waals surface area contributed by atoms with Crippen LogP contribution in [-0.2, 0) is 11.3 Å². The molecule has 0 aliphatic carbocycles. The van der Waals surface area contributed by atoms with E-state index >= 15 is 0 Å². The van der Waals surface area contributed by atoms with Gasteiger partial charge in [-0.05, 0) is 18.9 Å². The van der Waals surface area contributed by atoms with Crippen molar-refractivity contribution >= 4 is 0 Å². The van der Waals surface area contributed by atoms with Crippen LogP contribution in [0, 0.1) is 5.92 Å². The second kappa shape index (κ2) is 8.04. The Bertz CT molecular complexity index is 330. The number of hydrogen-bond donors (Lipinski definition) is 1. The minimum Gasteiger partial charge on any atom is -0.392 e. The average molecular weight is 234 g/mol. The van der Waals surface area contributed by atoms with Crippen LogP contribution >= 0.6 is 0 Å². The van der Waals surface area contributed by atoms with E-state index in [1.165, 1.54) is 5.56 Å². The monoisotopic (exact) mass is 234 g/mol. The molecule has 1 aromatic carbocycles. The quantitative estimate of drug-likeness (QED) is 0.734. The molecule has 2 heteroatoms. The first-order valence-electron chi connectivity index (χ1n) is 6.16. The van der Waals surface area contributed by atoms with Crippen LogP contribution in [0.3, 0.4) is 0 Å². The van der Waals surface area contributed by atoms with Crippen molar-refractivity contribution in [1.82, 2.24) is 0 Å². The van der Waals surface area contributed by atoms with Crippen molar-refractivity contribution in [3.63, 3.8) is 0 Å². The van der Waals surface area contributed by atoms with E-state index in [0.717, 1.165) is 12.0 Å². The second-order valence-corrected chi connectivity index (χ2v) is 4.34. The van der Waals surface area contributed by atoms with E-state index in [1.54, 1.807) is 0 Å². The summed E-state index contributed by atoms with van der Waals surface area (Å²) in [6, 6.07) is 10.2. The molecule has 0 fully saturated rings.